The largest absolute Gasteiger partial charge is 0.381 e. The minimum absolute atomic E-state index is 0.133. The Morgan fingerprint density at radius 2 is 2.08 bits per heavy atom. The molecule has 0 bridgehead atoms. The molecule has 0 N–H and O–H groups in total. The van der Waals surface area contributed by atoms with E-state index in [1.807, 2.05) is 13.8 Å². The Morgan fingerprint density at radius 1 is 1.36 bits per heavy atom. The van der Waals surface area contributed by atoms with E-state index in [1.54, 1.807) is 24.3 Å². The molecule has 1 aliphatic heterocycles. The summed E-state index contributed by atoms with van der Waals surface area (Å²) in [6.45, 7) is 3.73. The van der Waals surface area contributed by atoms with Gasteiger partial charge in [-0.05, 0) is 48.7 Å². The number of aromatic nitrogens is 1. The van der Waals surface area contributed by atoms with E-state index in [1.165, 1.54) is 30.1 Å². The Hall–Kier alpha value is -2.41. The number of hydrogen-bond acceptors (Lipinski definition) is 5. The average molecular weight is 360 g/mol. The second-order valence-electron chi connectivity index (χ2n) is 5.72. The summed E-state index contributed by atoms with van der Waals surface area (Å²) in [5.74, 6) is -1.19. The minimum atomic E-state index is -0.871. The second-order valence-corrected chi connectivity index (χ2v) is 6.97. The predicted molar refractivity (Wildman–Crippen MR) is 92.1 cm³/mol. The molecule has 1 saturated heterocycles. The van der Waals surface area contributed by atoms with Crippen molar-refractivity contribution in [2.24, 2.45) is 0 Å². The van der Waals surface area contributed by atoms with E-state index >= 15 is 0 Å². The lowest BCUT2D eigenvalue weighted by molar-refractivity contribution is -0.178. The monoisotopic (exact) mass is 360 g/mol. The molecule has 1 aromatic heterocycles. The maximum absolute atomic E-state index is 13.3. The van der Waals surface area contributed by atoms with Gasteiger partial charge in [0.15, 0.2) is 10.6 Å². The summed E-state index contributed by atoms with van der Waals surface area (Å²) in [4.78, 5) is 33.3. The number of carbonyl (C=O) groups excluding carboxylic acids is 2. The first-order valence-electron chi connectivity index (χ1n) is 7.84. The third-order valence-electron chi connectivity index (χ3n) is 4.06. The van der Waals surface area contributed by atoms with Crippen LogP contribution in [0, 0.1) is 12.7 Å². The summed E-state index contributed by atoms with van der Waals surface area (Å²) >= 11 is 1.36. The van der Waals surface area contributed by atoms with Crippen LogP contribution in [0.25, 0.3) is 0 Å². The van der Waals surface area contributed by atoms with Gasteiger partial charge in [0, 0.05) is 6.20 Å². The Morgan fingerprint density at radius 3 is 2.72 bits per heavy atom. The van der Waals surface area contributed by atoms with Crippen LogP contribution in [-0.4, -0.2) is 27.7 Å². The number of benzene rings is 1. The van der Waals surface area contributed by atoms with Gasteiger partial charge in [-0.2, -0.15) is 0 Å². The molecule has 5 nitrogen and oxygen atoms in total. The first-order valence-corrected chi connectivity index (χ1v) is 8.83. The van der Waals surface area contributed by atoms with Gasteiger partial charge in [-0.25, -0.2) is 14.2 Å². The van der Waals surface area contributed by atoms with Crippen LogP contribution in [0.3, 0.4) is 0 Å². The van der Waals surface area contributed by atoms with Crippen LogP contribution in [0.5, 0.6) is 0 Å². The molecule has 7 heteroatoms. The van der Waals surface area contributed by atoms with Crippen molar-refractivity contribution >= 4 is 23.6 Å². The van der Waals surface area contributed by atoms with E-state index < -0.39 is 10.8 Å². The Kier molecular flexibility index (Phi) is 4.76. The van der Waals surface area contributed by atoms with Gasteiger partial charge in [0.1, 0.15) is 5.82 Å². The Bertz CT molecular complexity index is 812. The third-order valence-corrected chi connectivity index (χ3v) is 5.62. The maximum Gasteiger partial charge on any atom is 0.381 e. The lowest BCUT2D eigenvalue weighted by Crippen LogP contribution is -2.43. The molecule has 1 atom stereocenters. The quantitative estimate of drug-likeness (QED) is 0.836. The van der Waals surface area contributed by atoms with Gasteiger partial charge in [0.2, 0.25) is 0 Å². The number of nitrogens with zero attached hydrogens (tertiary/aromatic N) is 2. The number of aryl methyl sites for hydroxylation is 1. The van der Waals surface area contributed by atoms with Gasteiger partial charge in [0.05, 0.1) is 5.75 Å². The number of thioether (sulfide) groups is 1. The van der Waals surface area contributed by atoms with Gasteiger partial charge in [0.25, 0.3) is 5.91 Å². The Labute approximate surface area is 149 Å². The summed E-state index contributed by atoms with van der Waals surface area (Å²) in [7, 11) is 0. The number of hydrogen-bond donors (Lipinski definition) is 0. The SMILES string of the molecule is CCC1(c2ccc(F)cc2)SCC(=O)N1OC(=O)c1cc(C)ccn1. The highest BCUT2D eigenvalue weighted by molar-refractivity contribution is 8.01. The van der Waals surface area contributed by atoms with Crippen molar-refractivity contribution in [2.75, 3.05) is 5.75 Å². The molecule has 3 rings (SSSR count). The zero-order chi connectivity index (χ0) is 18.0. The highest BCUT2D eigenvalue weighted by Gasteiger charge is 2.49. The molecule has 130 valence electrons. The van der Waals surface area contributed by atoms with Crippen molar-refractivity contribution in [3.8, 4) is 0 Å². The minimum Gasteiger partial charge on any atom is -0.329 e. The number of pyridine rings is 1. The van der Waals surface area contributed by atoms with E-state index in [4.69, 9.17) is 4.84 Å². The smallest absolute Gasteiger partial charge is 0.329 e. The summed E-state index contributed by atoms with van der Waals surface area (Å²) in [5, 5.41) is 1.11. The second kappa shape index (κ2) is 6.84. The van der Waals surface area contributed by atoms with Crippen LogP contribution < -0.4 is 0 Å². The number of carbonyl (C=O) groups is 2. The molecular weight excluding hydrogens is 343 g/mol. The van der Waals surface area contributed by atoms with Crippen molar-refractivity contribution < 1.29 is 18.8 Å². The number of hydroxylamine groups is 2. The first kappa shape index (κ1) is 17.4. The van der Waals surface area contributed by atoms with E-state index in [9.17, 15) is 14.0 Å². The lowest BCUT2D eigenvalue weighted by atomic mass is 10.0. The van der Waals surface area contributed by atoms with Crippen LogP contribution in [0.4, 0.5) is 4.39 Å². The van der Waals surface area contributed by atoms with Crippen molar-refractivity contribution in [1.82, 2.24) is 10.0 Å². The first-order chi connectivity index (χ1) is 12.0. The van der Waals surface area contributed by atoms with Crippen LogP contribution in [0.2, 0.25) is 0 Å². The van der Waals surface area contributed by atoms with Crippen LogP contribution in [0.15, 0.2) is 42.6 Å². The van der Waals surface area contributed by atoms with E-state index in [0.29, 0.717) is 12.0 Å². The fraction of sp³-hybridized carbons (Fsp3) is 0.278. The number of rotatable bonds is 4. The summed E-state index contributed by atoms with van der Waals surface area (Å²) < 4.78 is 13.3. The molecule has 1 aliphatic rings. The highest BCUT2D eigenvalue weighted by Crippen LogP contribution is 2.48. The summed E-state index contributed by atoms with van der Waals surface area (Å²) in [5.41, 5.74) is 1.70. The molecule has 0 spiro atoms. The lowest BCUT2D eigenvalue weighted by Gasteiger charge is -2.34. The highest BCUT2D eigenvalue weighted by atomic mass is 32.2. The Balaban J connectivity index is 1.93. The van der Waals surface area contributed by atoms with Crippen LogP contribution >= 0.6 is 11.8 Å². The molecule has 1 fully saturated rings. The van der Waals surface area contributed by atoms with Crippen molar-refractivity contribution in [3.63, 3.8) is 0 Å². The van der Waals surface area contributed by atoms with E-state index in [2.05, 4.69) is 4.98 Å². The molecule has 1 unspecified atom stereocenters. The van der Waals surface area contributed by atoms with E-state index in [0.717, 1.165) is 10.6 Å². The predicted octanol–water partition coefficient (Wildman–Crippen LogP) is 3.44. The molecular formula is C18H17FN2O3S. The van der Waals surface area contributed by atoms with Gasteiger partial charge in [-0.15, -0.1) is 16.8 Å². The molecule has 25 heavy (non-hydrogen) atoms. The summed E-state index contributed by atoms with van der Waals surface area (Å²) in [6, 6.07) is 9.24. The van der Waals surface area contributed by atoms with Crippen molar-refractivity contribution in [3.05, 3.63) is 65.2 Å². The van der Waals surface area contributed by atoms with Crippen LogP contribution in [-0.2, 0) is 14.5 Å². The molecule has 1 amide bonds. The normalized spacial score (nSPS) is 20.0. The fourth-order valence-corrected chi connectivity index (χ4v) is 4.01. The summed E-state index contributed by atoms with van der Waals surface area (Å²) in [6.07, 6.45) is 2.02. The molecule has 0 aliphatic carbocycles. The molecule has 1 aromatic carbocycles. The van der Waals surface area contributed by atoms with Gasteiger partial charge >= 0.3 is 5.97 Å². The van der Waals surface area contributed by atoms with E-state index in [-0.39, 0.29) is 23.2 Å². The molecule has 0 radical (unpaired) electrons. The third kappa shape index (κ3) is 3.24. The number of amides is 1. The van der Waals surface area contributed by atoms with Gasteiger partial charge < -0.3 is 4.84 Å². The van der Waals surface area contributed by atoms with Crippen molar-refractivity contribution in [2.45, 2.75) is 25.1 Å². The topological polar surface area (TPSA) is 59.5 Å². The maximum atomic E-state index is 13.3. The van der Waals surface area contributed by atoms with Crippen molar-refractivity contribution in [1.29, 1.82) is 0 Å². The molecule has 0 saturated carbocycles. The average Bonchev–Trinajstić information content (AvgIpc) is 2.93. The molecule has 2 heterocycles. The van der Waals surface area contributed by atoms with Crippen LogP contribution in [0.1, 0.15) is 35.0 Å². The fourth-order valence-electron chi connectivity index (χ4n) is 2.76. The number of halogens is 1. The van der Waals surface area contributed by atoms with Gasteiger partial charge in [-0.3, -0.25) is 4.79 Å². The molecule has 2 aromatic rings. The zero-order valence-corrected chi connectivity index (χ0v) is 14.7. The van der Waals surface area contributed by atoms with Gasteiger partial charge in [-0.1, -0.05) is 19.1 Å². The standard InChI is InChI=1S/C18H17FN2O3S/c1-3-18(13-4-6-14(19)7-5-13)21(16(22)11-25-18)24-17(23)15-10-12(2)8-9-20-15/h4-10H,3,11H2,1-2H3. The zero-order valence-electron chi connectivity index (χ0n) is 13.9.